The molecule has 7 heteroatoms. The summed E-state index contributed by atoms with van der Waals surface area (Å²) in [6, 6.07) is 3.22. The number of primary amides is 1. The van der Waals surface area contributed by atoms with Crippen LogP contribution in [-0.4, -0.2) is 35.1 Å². The second-order valence-corrected chi connectivity index (χ2v) is 5.91. The van der Waals surface area contributed by atoms with Crippen molar-refractivity contribution >= 4 is 17.8 Å². The third-order valence-electron chi connectivity index (χ3n) is 3.80. The van der Waals surface area contributed by atoms with Gasteiger partial charge in [-0.3, -0.25) is 4.79 Å². The first kappa shape index (κ1) is 19.6. The fourth-order valence-electron chi connectivity index (χ4n) is 2.54. The van der Waals surface area contributed by atoms with Crippen molar-refractivity contribution in [1.82, 2.24) is 0 Å². The van der Waals surface area contributed by atoms with Crippen LogP contribution in [0.5, 0.6) is 0 Å². The number of ether oxygens (including phenoxy) is 1. The van der Waals surface area contributed by atoms with E-state index in [1.54, 1.807) is 26.0 Å². The van der Waals surface area contributed by atoms with Crippen molar-refractivity contribution in [2.75, 3.05) is 6.61 Å². The van der Waals surface area contributed by atoms with E-state index in [2.05, 4.69) is 0 Å². The fraction of sp³-hybridized carbons (Fsp3) is 0.471. The molecule has 1 unspecified atom stereocenters. The molecule has 24 heavy (non-hydrogen) atoms. The van der Waals surface area contributed by atoms with Gasteiger partial charge in [-0.15, -0.1) is 0 Å². The normalized spacial score (nSPS) is 13.2. The maximum Gasteiger partial charge on any atom is 0.338 e. The van der Waals surface area contributed by atoms with Crippen molar-refractivity contribution in [2.45, 2.75) is 45.6 Å². The van der Waals surface area contributed by atoms with Crippen LogP contribution in [0.3, 0.4) is 0 Å². The van der Waals surface area contributed by atoms with Gasteiger partial charge in [0.1, 0.15) is 0 Å². The summed E-state index contributed by atoms with van der Waals surface area (Å²) in [7, 11) is 0. The smallest absolute Gasteiger partial charge is 0.338 e. The lowest BCUT2D eigenvalue weighted by atomic mass is 9.88. The van der Waals surface area contributed by atoms with E-state index in [0.29, 0.717) is 28.7 Å². The standard InChI is InChI=1S/C17H24N2O5/c1-4-5-6-24-16(23)17(19,15(21)22)9-12-7-10(2)13(14(18)20)11(3)8-12/h7-8H,4-6,9,19H2,1-3H3,(H2,18,20)(H,21,22). The minimum absolute atomic E-state index is 0.125. The molecule has 5 N–H and O–H groups in total. The van der Waals surface area contributed by atoms with Crippen LogP contribution < -0.4 is 11.5 Å². The van der Waals surface area contributed by atoms with Gasteiger partial charge in [0.25, 0.3) is 0 Å². The van der Waals surface area contributed by atoms with Gasteiger partial charge in [0.15, 0.2) is 0 Å². The lowest BCUT2D eigenvalue weighted by molar-refractivity contribution is -0.161. The number of nitrogens with two attached hydrogens (primary N) is 2. The number of aliphatic carboxylic acids is 1. The summed E-state index contributed by atoms with van der Waals surface area (Å²) in [5, 5.41) is 9.40. The van der Waals surface area contributed by atoms with Gasteiger partial charge in [-0.2, -0.15) is 0 Å². The number of hydrogen-bond donors (Lipinski definition) is 3. The zero-order valence-electron chi connectivity index (χ0n) is 14.2. The molecule has 1 aromatic carbocycles. The van der Waals surface area contributed by atoms with E-state index in [0.717, 1.165) is 6.42 Å². The Balaban J connectivity index is 3.11. The van der Waals surface area contributed by atoms with Crippen LogP contribution in [-0.2, 0) is 20.7 Å². The molecule has 1 amide bonds. The summed E-state index contributed by atoms with van der Waals surface area (Å²) in [6.07, 6.45) is 1.20. The number of carbonyl (C=O) groups excluding carboxylic acids is 2. The SMILES string of the molecule is CCCCOC(=O)C(N)(Cc1cc(C)c(C(N)=O)c(C)c1)C(=O)O. The minimum Gasteiger partial charge on any atom is -0.479 e. The Morgan fingerprint density at radius 2 is 1.75 bits per heavy atom. The summed E-state index contributed by atoms with van der Waals surface area (Å²) in [4.78, 5) is 35.1. The van der Waals surface area contributed by atoms with Crippen molar-refractivity contribution in [1.29, 1.82) is 0 Å². The van der Waals surface area contributed by atoms with Gasteiger partial charge in [-0.25, -0.2) is 9.59 Å². The average molecular weight is 336 g/mol. The van der Waals surface area contributed by atoms with Gasteiger partial charge < -0.3 is 21.3 Å². The first-order chi connectivity index (χ1) is 11.1. The lowest BCUT2D eigenvalue weighted by Gasteiger charge is -2.23. The summed E-state index contributed by atoms with van der Waals surface area (Å²) in [5.74, 6) is -3.00. The van der Waals surface area contributed by atoms with E-state index < -0.39 is 23.4 Å². The summed E-state index contributed by atoms with van der Waals surface area (Å²) < 4.78 is 4.98. The summed E-state index contributed by atoms with van der Waals surface area (Å²) in [5.41, 5.74) is 11.1. The van der Waals surface area contributed by atoms with E-state index in [-0.39, 0.29) is 13.0 Å². The highest BCUT2D eigenvalue weighted by Crippen LogP contribution is 2.21. The van der Waals surface area contributed by atoms with Gasteiger partial charge in [-0.1, -0.05) is 25.5 Å². The van der Waals surface area contributed by atoms with E-state index in [1.165, 1.54) is 0 Å². The molecule has 1 aromatic rings. The molecule has 0 radical (unpaired) electrons. The lowest BCUT2D eigenvalue weighted by Crippen LogP contribution is -2.57. The minimum atomic E-state index is -2.18. The highest BCUT2D eigenvalue weighted by atomic mass is 16.5. The van der Waals surface area contributed by atoms with Gasteiger partial charge in [0, 0.05) is 12.0 Å². The first-order valence-corrected chi connectivity index (χ1v) is 7.73. The van der Waals surface area contributed by atoms with Gasteiger partial charge in [-0.05, 0) is 37.0 Å². The largest absolute Gasteiger partial charge is 0.479 e. The third-order valence-corrected chi connectivity index (χ3v) is 3.80. The van der Waals surface area contributed by atoms with Crippen molar-refractivity contribution in [3.05, 3.63) is 34.4 Å². The fourth-order valence-corrected chi connectivity index (χ4v) is 2.54. The molecule has 0 fully saturated rings. The number of aryl methyl sites for hydroxylation is 2. The zero-order chi connectivity index (χ0) is 18.5. The molecule has 0 saturated carbocycles. The van der Waals surface area contributed by atoms with Crippen molar-refractivity contribution in [3.8, 4) is 0 Å². The van der Waals surface area contributed by atoms with Crippen LogP contribution in [0.1, 0.15) is 46.8 Å². The predicted octanol–water partition coefficient (Wildman–Crippen LogP) is 1.07. The zero-order valence-corrected chi connectivity index (χ0v) is 14.2. The second kappa shape index (κ2) is 7.92. The van der Waals surface area contributed by atoms with Crippen LogP contribution in [0.15, 0.2) is 12.1 Å². The quantitative estimate of drug-likeness (QED) is 0.369. The van der Waals surface area contributed by atoms with Crippen molar-refractivity contribution in [2.24, 2.45) is 11.5 Å². The molecule has 132 valence electrons. The Bertz CT molecular complexity index is 633. The molecule has 0 aliphatic carbocycles. The number of carbonyl (C=O) groups is 3. The second-order valence-electron chi connectivity index (χ2n) is 5.91. The van der Waals surface area contributed by atoms with Gasteiger partial charge in [0.2, 0.25) is 11.4 Å². The van der Waals surface area contributed by atoms with Crippen molar-refractivity contribution < 1.29 is 24.2 Å². The number of amides is 1. The third kappa shape index (κ3) is 4.32. The Hall–Kier alpha value is -2.41. The van der Waals surface area contributed by atoms with E-state index >= 15 is 0 Å². The van der Waals surface area contributed by atoms with Crippen LogP contribution in [0.4, 0.5) is 0 Å². The average Bonchev–Trinajstić information content (AvgIpc) is 2.45. The maximum absolute atomic E-state index is 12.1. The number of hydrogen-bond acceptors (Lipinski definition) is 5. The number of rotatable bonds is 8. The molecule has 0 aromatic heterocycles. The Labute approximate surface area is 141 Å². The Morgan fingerprint density at radius 3 is 2.17 bits per heavy atom. The molecule has 0 heterocycles. The topological polar surface area (TPSA) is 133 Å². The number of carboxylic acids is 1. The molecule has 7 nitrogen and oxygen atoms in total. The van der Waals surface area contributed by atoms with E-state index in [4.69, 9.17) is 16.2 Å². The van der Waals surface area contributed by atoms with E-state index in [9.17, 15) is 19.5 Å². The highest BCUT2D eigenvalue weighted by molar-refractivity contribution is 6.04. The number of benzene rings is 1. The number of esters is 1. The van der Waals surface area contributed by atoms with Crippen LogP contribution in [0.25, 0.3) is 0 Å². The van der Waals surface area contributed by atoms with Gasteiger partial charge in [0.05, 0.1) is 6.61 Å². The highest BCUT2D eigenvalue weighted by Gasteiger charge is 2.44. The van der Waals surface area contributed by atoms with Crippen LogP contribution in [0.2, 0.25) is 0 Å². The van der Waals surface area contributed by atoms with Gasteiger partial charge >= 0.3 is 11.9 Å². The maximum atomic E-state index is 12.1. The van der Waals surface area contributed by atoms with Crippen molar-refractivity contribution in [3.63, 3.8) is 0 Å². The molecule has 0 spiro atoms. The molecule has 0 saturated heterocycles. The monoisotopic (exact) mass is 336 g/mol. The van der Waals surface area contributed by atoms with Crippen LogP contribution >= 0.6 is 0 Å². The summed E-state index contributed by atoms with van der Waals surface area (Å²) >= 11 is 0. The molecule has 1 atom stereocenters. The molecule has 0 aliphatic heterocycles. The summed E-state index contributed by atoms with van der Waals surface area (Å²) in [6.45, 7) is 5.43. The molecule has 0 bridgehead atoms. The molecular weight excluding hydrogens is 312 g/mol. The predicted molar refractivity (Wildman–Crippen MR) is 88.6 cm³/mol. The molecule has 0 aliphatic rings. The Kier molecular flexibility index (Phi) is 6.48. The first-order valence-electron chi connectivity index (χ1n) is 7.73. The number of unbranched alkanes of at least 4 members (excludes halogenated alkanes) is 1. The molecular formula is C17H24N2O5. The van der Waals surface area contributed by atoms with E-state index in [1.807, 2.05) is 6.92 Å². The van der Waals surface area contributed by atoms with Crippen LogP contribution in [0, 0.1) is 13.8 Å². The molecule has 1 rings (SSSR count). The Morgan fingerprint density at radius 1 is 1.21 bits per heavy atom. The number of carboxylic acid groups (broad SMARTS) is 1.